The number of nitrogens with zero attached hydrogens (tertiary/aromatic N) is 1. The molecule has 1 aromatic rings. The van der Waals surface area contributed by atoms with Crippen LogP contribution in [0.15, 0.2) is 24.3 Å². The summed E-state index contributed by atoms with van der Waals surface area (Å²) in [4.78, 5) is 14.3. The second-order valence-corrected chi connectivity index (χ2v) is 5.47. The Labute approximate surface area is 120 Å². The molecule has 2 atom stereocenters. The first-order valence-electron chi connectivity index (χ1n) is 7.19. The minimum atomic E-state index is -0.465. The maximum absolute atomic E-state index is 12.4. The van der Waals surface area contributed by atoms with Gasteiger partial charge in [-0.2, -0.15) is 0 Å². The summed E-state index contributed by atoms with van der Waals surface area (Å²) in [6, 6.07) is 7.34. The first kappa shape index (κ1) is 14.7. The molecule has 1 fully saturated rings. The Hall–Kier alpha value is -1.71. The van der Waals surface area contributed by atoms with Gasteiger partial charge in [0.25, 0.3) is 5.91 Å². The van der Waals surface area contributed by atoms with Crippen molar-refractivity contribution in [2.75, 3.05) is 20.2 Å². The number of carbonyl (C=O) groups is 1. The molecule has 2 rings (SSSR count). The van der Waals surface area contributed by atoms with E-state index in [-0.39, 0.29) is 5.91 Å². The van der Waals surface area contributed by atoms with Gasteiger partial charge in [-0.05, 0) is 37.8 Å². The normalized spacial score (nSPS) is 20.4. The van der Waals surface area contributed by atoms with Crippen LogP contribution >= 0.6 is 0 Å². The van der Waals surface area contributed by atoms with Crippen LogP contribution in [0.3, 0.4) is 0 Å². The summed E-state index contributed by atoms with van der Waals surface area (Å²) >= 11 is 0. The molecule has 1 aromatic carbocycles. The molecular formula is C16H23NO3. The van der Waals surface area contributed by atoms with Crippen LogP contribution in [0.25, 0.3) is 0 Å². The molecule has 110 valence electrons. The second kappa shape index (κ2) is 6.64. The van der Waals surface area contributed by atoms with Crippen LogP contribution in [0.5, 0.6) is 11.5 Å². The van der Waals surface area contributed by atoms with Crippen molar-refractivity contribution in [2.24, 2.45) is 5.92 Å². The maximum Gasteiger partial charge on any atom is 0.263 e. The molecule has 4 heteroatoms. The van der Waals surface area contributed by atoms with E-state index in [2.05, 4.69) is 6.92 Å². The molecule has 0 bridgehead atoms. The summed E-state index contributed by atoms with van der Waals surface area (Å²) in [6.45, 7) is 5.67. The van der Waals surface area contributed by atoms with Gasteiger partial charge in [0.1, 0.15) is 11.5 Å². The summed E-state index contributed by atoms with van der Waals surface area (Å²) in [5.74, 6) is 2.04. The van der Waals surface area contributed by atoms with E-state index in [1.54, 1.807) is 20.1 Å². The van der Waals surface area contributed by atoms with E-state index in [1.165, 1.54) is 6.42 Å². The lowest BCUT2D eigenvalue weighted by molar-refractivity contribution is -0.139. The molecule has 20 heavy (non-hydrogen) atoms. The van der Waals surface area contributed by atoms with E-state index in [1.807, 2.05) is 23.1 Å². The zero-order valence-electron chi connectivity index (χ0n) is 12.5. The Balaban J connectivity index is 1.96. The molecular weight excluding hydrogens is 254 g/mol. The van der Waals surface area contributed by atoms with E-state index >= 15 is 0 Å². The van der Waals surface area contributed by atoms with Crippen molar-refractivity contribution in [3.05, 3.63) is 24.3 Å². The van der Waals surface area contributed by atoms with Gasteiger partial charge >= 0.3 is 0 Å². The number of ether oxygens (including phenoxy) is 2. The third kappa shape index (κ3) is 3.65. The molecule has 0 N–H and O–H groups in total. The Morgan fingerprint density at radius 1 is 1.40 bits per heavy atom. The fourth-order valence-electron chi connectivity index (χ4n) is 2.58. The van der Waals surface area contributed by atoms with Crippen molar-refractivity contribution in [3.8, 4) is 11.5 Å². The zero-order valence-corrected chi connectivity index (χ0v) is 12.5. The second-order valence-electron chi connectivity index (χ2n) is 5.47. The Morgan fingerprint density at radius 2 is 2.15 bits per heavy atom. The molecule has 0 aromatic heterocycles. The van der Waals surface area contributed by atoms with E-state index in [9.17, 15) is 4.79 Å². The van der Waals surface area contributed by atoms with Crippen molar-refractivity contribution in [1.29, 1.82) is 0 Å². The van der Waals surface area contributed by atoms with Crippen molar-refractivity contribution in [1.82, 2.24) is 4.90 Å². The van der Waals surface area contributed by atoms with Gasteiger partial charge in [-0.1, -0.05) is 13.0 Å². The number of amides is 1. The average Bonchev–Trinajstić information content (AvgIpc) is 2.46. The van der Waals surface area contributed by atoms with Gasteiger partial charge < -0.3 is 14.4 Å². The number of likely N-dealkylation sites (tertiary alicyclic amines) is 1. The molecule has 1 aliphatic heterocycles. The predicted molar refractivity (Wildman–Crippen MR) is 78.1 cm³/mol. The van der Waals surface area contributed by atoms with Crippen LogP contribution in [-0.4, -0.2) is 37.1 Å². The largest absolute Gasteiger partial charge is 0.497 e. The predicted octanol–water partition coefficient (Wildman–Crippen LogP) is 2.72. The van der Waals surface area contributed by atoms with Gasteiger partial charge in [0.15, 0.2) is 6.10 Å². The first-order chi connectivity index (χ1) is 9.60. The van der Waals surface area contributed by atoms with E-state index in [4.69, 9.17) is 9.47 Å². The molecule has 1 saturated heterocycles. The third-order valence-corrected chi connectivity index (χ3v) is 3.67. The van der Waals surface area contributed by atoms with Crippen LogP contribution < -0.4 is 9.47 Å². The number of piperidine rings is 1. The van der Waals surface area contributed by atoms with Gasteiger partial charge in [0.2, 0.25) is 0 Å². The molecule has 4 nitrogen and oxygen atoms in total. The van der Waals surface area contributed by atoms with Crippen molar-refractivity contribution < 1.29 is 14.3 Å². The monoisotopic (exact) mass is 277 g/mol. The molecule has 0 saturated carbocycles. The number of benzene rings is 1. The van der Waals surface area contributed by atoms with Gasteiger partial charge in [-0.3, -0.25) is 4.79 Å². The Bertz CT molecular complexity index is 461. The number of rotatable bonds is 4. The highest BCUT2D eigenvalue weighted by molar-refractivity contribution is 5.81. The minimum Gasteiger partial charge on any atom is -0.497 e. The van der Waals surface area contributed by atoms with Crippen LogP contribution in [0.4, 0.5) is 0 Å². The molecule has 2 unspecified atom stereocenters. The lowest BCUT2D eigenvalue weighted by Gasteiger charge is -2.32. The highest BCUT2D eigenvalue weighted by Crippen LogP contribution is 2.21. The molecule has 1 aliphatic rings. The Kier molecular flexibility index (Phi) is 4.88. The molecule has 0 radical (unpaired) electrons. The molecule has 0 aliphatic carbocycles. The van der Waals surface area contributed by atoms with E-state index in [0.717, 1.165) is 25.3 Å². The van der Waals surface area contributed by atoms with Gasteiger partial charge in [-0.25, -0.2) is 0 Å². The standard InChI is InChI=1S/C16H23NO3/c1-12-6-5-9-17(11-12)16(18)13(2)20-15-8-4-7-14(10-15)19-3/h4,7-8,10,12-13H,5-6,9,11H2,1-3H3. The van der Waals surface area contributed by atoms with Crippen LogP contribution in [-0.2, 0) is 4.79 Å². The first-order valence-corrected chi connectivity index (χ1v) is 7.19. The average molecular weight is 277 g/mol. The smallest absolute Gasteiger partial charge is 0.263 e. The lowest BCUT2D eigenvalue weighted by Crippen LogP contribution is -2.45. The molecule has 1 heterocycles. The van der Waals surface area contributed by atoms with Gasteiger partial charge in [0.05, 0.1) is 7.11 Å². The summed E-state index contributed by atoms with van der Waals surface area (Å²) in [5, 5.41) is 0. The minimum absolute atomic E-state index is 0.0689. The fourth-order valence-corrected chi connectivity index (χ4v) is 2.58. The third-order valence-electron chi connectivity index (χ3n) is 3.67. The van der Waals surface area contributed by atoms with Crippen LogP contribution in [0.1, 0.15) is 26.7 Å². The quantitative estimate of drug-likeness (QED) is 0.849. The lowest BCUT2D eigenvalue weighted by atomic mass is 10.00. The van der Waals surface area contributed by atoms with Gasteiger partial charge in [-0.15, -0.1) is 0 Å². The van der Waals surface area contributed by atoms with Crippen molar-refractivity contribution >= 4 is 5.91 Å². The van der Waals surface area contributed by atoms with Gasteiger partial charge in [0, 0.05) is 19.2 Å². The summed E-state index contributed by atoms with van der Waals surface area (Å²) in [7, 11) is 1.61. The van der Waals surface area contributed by atoms with E-state index < -0.39 is 6.10 Å². The summed E-state index contributed by atoms with van der Waals surface area (Å²) < 4.78 is 10.9. The number of carbonyl (C=O) groups excluding carboxylic acids is 1. The summed E-state index contributed by atoms with van der Waals surface area (Å²) in [5.41, 5.74) is 0. The summed E-state index contributed by atoms with van der Waals surface area (Å²) in [6.07, 6.45) is 1.82. The highest BCUT2D eigenvalue weighted by atomic mass is 16.5. The SMILES string of the molecule is COc1cccc(OC(C)C(=O)N2CCCC(C)C2)c1. The number of methoxy groups -OCH3 is 1. The topological polar surface area (TPSA) is 38.8 Å². The van der Waals surface area contributed by atoms with E-state index in [0.29, 0.717) is 11.7 Å². The molecule has 1 amide bonds. The Morgan fingerprint density at radius 3 is 2.85 bits per heavy atom. The van der Waals surface area contributed by atoms with Crippen molar-refractivity contribution in [3.63, 3.8) is 0 Å². The highest BCUT2D eigenvalue weighted by Gasteiger charge is 2.26. The number of hydrogen-bond acceptors (Lipinski definition) is 3. The maximum atomic E-state index is 12.4. The number of hydrogen-bond donors (Lipinski definition) is 0. The van der Waals surface area contributed by atoms with Crippen LogP contribution in [0, 0.1) is 5.92 Å². The molecule has 0 spiro atoms. The van der Waals surface area contributed by atoms with Crippen molar-refractivity contribution in [2.45, 2.75) is 32.8 Å². The fraction of sp³-hybridized carbons (Fsp3) is 0.562. The van der Waals surface area contributed by atoms with Crippen LogP contribution in [0.2, 0.25) is 0 Å². The zero-order chi connectivity index (χ0) is 14.5.